The van der Waals surface area contributed by atoms with Crippen LogP contribution in [0.3, 0.4) is 0 Å². The molecule has 0 bridgehead atoms. The van der Waals surface area contributed by atoms with Crippen molar-refractivity contribution in [2.75, 3.05) is 13.1 Å². The largest absolute Gasteiger partial charge is 0.297 e. The fourth-order valence-corrected chi connectivity index (χ4v) is 3.38. The number of rotatable bonds is 4. The zero-order chi connectivity index (χ0) is 12.9. The van der Waals surface area contributed by atoms with Crippen molar-refractivity contribution >= 4 is 11.3 Å². The minimum Gasteiger partial charge on any atom is -0.297 e. The Morgan fingerprint density at radius 2 is 2.16 bits per heavy atom. The maximum atomic E-state index is 4.37. The average molecular weight is 273 g/mol. The second-order valence-electron chi connectivity index (χ2n) is 5.21. The van der Waals surface area contributed by atoms with Gasteiger partial charge in [0.2, 0.25) is 0 Å². The summed E-state index contributed by atoms with van der Waals surface area (Å²) in [5.41, 5.74) is 1.38. The van der Waals surface area contributed by atoms with Crippen LogP contribution in [0.15, 0.2) is 36.1 Å². The normalized spacial score (nSPS) is 17.7. The van der Waals surface area contributed by atoms with Gasteiger partial charge in [-0.1, -0.05) is 6.07 Å². The third kappa shape index (κ3) is 3.61. The van der Waals surface area contributed by atoms with E-state index in [2.05, 4.69) is 26.3 Å². The van der Waals surface area contributed by atoms with Gasteiger partial charge in [0.1, 0.15) is 5.01 Å². The van der Waals surface area contributed by atoms with Crippen LogP contribution in [0, 0.1) is 5.92 Å². The van der Waals surface area contributed by atoms with Gasteiger partial charge in [-0.2, -0.15) is 0 Å². The van der Waals surface area contributed by atoms with Gasteiger partial charge in [0.15, 0.2) is 0 Å². The average Bonchev–Trinajstić information content (AvgIpc) is 2.95. The summed E-state index contributed by atoms with van der Waals surface area (Å²) in [7, 11) is 0. The molecule has 1 aliphatic rings. The molecule has 100 valence electrons. The van der Waals surface area contributed by atoms with E-state index in [1.165, 1.54) is 42.9 Å². The molecular weight excluding hydrogens is 254 g/mol. The molecule has 2 aromatic rings. The molecule has 0 aromatic carbocycles. The third-order valence-electron chi connectivity index (χ3n) is 3.80. The molecular formula is C15H19N3S. The van der Waals surface area contributed by atoms with Crippen molar-refractivity contribution in [1.29, 1.82) is 0 Å². The lowest BCUT2D eigenvalue weighted by Crippen LogP contribution is -2.33. The van der Waals surface area contributed by atoms with Gasteiger partial charge in [0, 0.05) is 24.0 Å². The number of pyridine rings is 1. The van der Waals surface area contributed by atoms with E-state index in [9.17, 15) is 0 Å². The standard InChI is InChI=1S/C15H19N3S/c1-2-14(11-16-5-1)10-13-3-7-18(8-4-13)12-15-17-6-9-19-15/h1-2,5-6,9,11,13H,3-4,7-8,10,12H2. The van der Waals surface area contributed by atoms with Gasteiger partial charge in [0.05, 0.1) is 6.54 Å². The van der Waals surface area contributed by atoms with Gasteiger partial charge in [-0.25, -0.2) is 4.98 Å². The number of aromatic nitrogens is 2. The topological polar surface area (TPSA) is 29.0 Å². The SMILES string of the molecule is c1cncc(CC2CCN(Cc3nccs3)CC2)c1. The molecule has 1 aliphatic heterocycles. The Morgan fingerprint density at radius 1 is 1.26 bits per heavy atom. The Hall–Kier alpha value is -1.26. The zero-order valence-corrected chi connectivity index (χ0v) is 11.9. The zero-order valence-electron chi connectivity index (χ0n) is 11.0. The van der Waals surface area contributed by atoms with E-state index in [1.54, 1.807) is 11.3 Å². The summed E-state index contributed by atoms with van der Waals surface area (Å²) < 4.78 is 0. The number of likely N-dealkylation sites (tertiary alicyclic amines) is 1. The van der Waals surface area contributed by atoms with Crippen LogP contribution in [-0.4, -0.2) is 28.0 Å². The Kier molecular flexibility index (Phi) is 4.20. The van der Waals surface area contributed by atoms with E-state index >= 15 is 0 Å². The van der Waals surface area contributed by atoms with Gasteiger partial charge in [0.25, 0.3) is 0 Å². The fraction of sp³-hybridized carbons (Fsp3) is 0.467. The Morgan fingerprint density at radius 3 is 2.84 bits per heavy atom. The highest BCUT2D eigenvalue weighted by molar-refractivity contribution is 7.09. The van der Waals surface area contributed by atoms with Crippen molar-refractivity contribution in [3.63, 3.8) is 0 Å². The van der Waals surface area contributed by atoms with Crippen molar-refractivity contribution in [2.24, 2.45) is 5.92 Å². The van der Waals surface area contributed by atoms with Crippen LogP contribution in [0.5, 0.6) is 0 Å². The van der Waals surface area contributed by atoms with Crippen molar-refractivity contribution in [3.05, 3.63) is 46.7 Å². The fourth-order valence-electron chi connectivity index (χ4n) is 2.72. The minimum absolute atomic E-state index is 0.816. The molecule has 3 heterocycles. The molecule has 0 radical (unpaired) electrons. The molecule has 0 saturated carbocycles. The summed E-state index contributed by atoms with van der Waals surface area (Å²) in [5.74, 6) is 0.816. The van der Waals surface area contributed by atoms with Gasteiger partial charge in [-0.15, -0.1) is 11.3 Å². The first-order valence-electron chi connectivity index (χ1n) is 6.90. The Labute approximate surface area is 118 Å². The molecule has 2 aromatic heterocycles. The summed E-state index contributed by atoms with van der Waals surface area (Å²) in [4.78, 5) is 11.1. The second kappa shape index (κ2) is 6.26. The highest BCUT2D eigenvalue weighted by Gasteiger charge is 2.19. The highest BCUT2D eigenvalue weighted by atomic mass is 32.1. The van der Waals surface area contributed by atoms with Crippen molar-refractivity contribution in [3.8, 4) is 0 Å². The molecule has 3 rings (SSSR count). The first kappa shape index (κ1) is 12.8. The van der Waals surface area contributed by atoms with Crippen molar-refractivity contribution in [1.82, 2.24) is 14.9 Å². The first-order valence-corrected chi connectivity index (χ1v) is 7.78. The van der Waals surface area contributed by atoms with Crippen LogP contribution in [0.25, 0.3) is 0 Å². The van der Waals surface area contributed by atoms with Crippen LogP contribution in [-0.2, 0) is 13.0 Å². The molecule has 0 N–H and O–H groups in total. The summed E-state index contributed by atoms with van der Waals surface area (Å²) in [6, 6.07) is 4.22. The van der Waals surface area contributed by atoms with Crippen LogP contribution in [0.2, 0.25) is 0 Å². The molecule has 0 atom stereocenters. The van der Waals surface area contributed by atoms with E-state index in [4.69, 9.17) is 0 Å². The lowest BCUT2D eigenvalue weighted by molar-refractivity contribution is 0.177. The monoisotopic (exact) mass is 273 g/mol. The Balaban J connectivity index is 1.47. The van der Waals surface area contributed by atoms with E-state index < -0.39 is 0 Å². The summed E-state index contributed by atoms with van der Waals surface area (Å²) >= 11 is 1.76. The minimum atomic E-state index is 0.816. The van der Waals surface area contributed by atoms with E-state index in [0.29, 0.717) is 0 Å². The van der Waals surface area contributed by atoms with Gasteiger partial charge in [-0.05, 0) is 49.9 Å². The predicted octanol–water partition coefficient (Wildman–Crippen LogP) is 2.99. The molecule has 3 nitrogen and oxygen atoms in total. The molecule has 0 amide bonds. The van der Waals surface area contributed by atoms with Gasteiger partial charge < -0.3 is 0 Å². The van der Waals surface area contributed by atoms with Crippen LogP contribution in [0.4, 0.5) is 0 Å². The van der Waals surface area contributed by atoms with Crippen LogP contribution < -0.4 is 0 Å². The summed E-state index contributed by atoms with van der Waals surface area (Å²) in [5, 5.41) is 3.30. The van der Waals surface area contributed by atoms with Crippen molar-refractivity contribution in [2.45, 2.75) is 25.8 Å². The third-order valence-corrected chi connectivity index (χ3v) is 4.56. The molecule has 1 saturated heterocycles. The predicted molar refractivity (Wildman–Crippen MR) is 78.1 cm³/mol. The maximum absolute atomic E-state index is 4.37. The van der Waals surface area contributed by atoms with Gasteiger partial charge in [-0.3, -0.25) is 9.88 Å². The van der Waals surface area contributed by atoms with E-state index in [-0.39, 0.29) is 0 Å². The highest BCUT2D eigenvalue weighted by Crippen LogP contribution is 2.22. The van der Waals surface area contributed by atoms with Crippen LogP contribution in [0.1, 0.15) is 23.4 Å². The van der Waals surface area contributed by atoms with Crippen molar-refractivity contribution < 1.29 is 0 Å². The quantitative estimate of drug-likeness (QED) is 0.857. The number of piperidine rings is 1. The molecule has 0 spiro atoms. The number of hydrogen-bond donors (Lipinski definition) is 0. The second-order valence-corrected chi connectivity index (χ2v) is 6.19. The molecule has 4 heteroatoms. The maximum Gasteiger partial charge on any atom is 0.107 e. The summed E-state index contributed by atoms with van der Waals surface area (Å²) in [6.07, 6.45) is 9.51. The number of nitrogens with zero attached hydrogens (tertiary/aromatic N) is 3. The lowest BCUT2D eigenvalue weighted by atomic mass is 9.91. The first-order chi connectivity index (χ1) is 9.40. The Bertz CT molecular complexity index is 475. The summed E-state index contributed by atoms with van der Waals surface area (Å²) in [6.45, 7) is 3.42. The number of thiazole rings is 1. The van der Waals surface area contributed by atoms with Crippen LogP contribution >= 0.6 is 11.3 Å². The molecule has 0 unspecified atom stereocenters. The smallest absolute Gasteiger partial charge is 0.107 e. The molecule has 1 fully saturated rings. The number of hydrogen-bond acceptors (Lipinski definition) is 4. The van der Waals surface area contributed by atoms with E-state index in [1.807, 2.05) is 24.7 Å². The van der Waals surface area contributed by atoms with Gasteiger partial charge >= 0.3 is 0 Å². The van der Waals surface area contributed by atoms with E-state index in [0.717, 1.165) is 12.5 Å². The lowest BCUT2D eigenvalue weighted by Gasteiger charge is -2.31. The molecule has 0 aliphatic carbocycles. The molecule has 19 heavy (non-hydrogen) atoms.